The van der Waals surface area contributed by atoms with Gasteiger partial charge in [-0.05, 0) is 23.1 Å². The van der Waals surface area contributed by atoms with Crippen molar-refractivity contribution in [2.45, 2.75) is 45.4 Å². The molecule has 0 aliphatic carbocycles. The summed E-state index contributed by atoms with van der Waals surface area (Å²) in [7, 11) is 0. The molecule has 18 heavy (non-hydrogen) atoms. The fraction of sp³-hybridized carbons (Fsp3) is 0.500. The standard InChI is InChI=1S/C14H18ClFO2/c1-8(2)10-5-9(6-11(15)13(10)16)14(3,4)7-12(17)18/h5-6,8H,7H2,1-4H3,(H,17,18). The lowest BCUT2D eigenvalue weighted by Crippen LogP contribution is -2.22. The highest BCUT2D eigenvalue weighted by atomic mass is 35.5. The predicted octanol–water partition coefficient (Wildman–Crippen LogP) is 4.35. The van der Waals surface area contributed by atoms with Crippen molar-refractivity contribution in [1.29, 1.82) is 0 Å². The zero-order valence-electron chi connectivity index (χ0n) is 11.1. The maximum atomic E-state index is 13.8. The van der Waals surface area contributed by atoms with Crippen molar-refractivity contribution in [2.24, 2.45) is 0 Å². The summed E-state index contributed by atoms with van der Waals surface area (Å²) in [6, 6.07) is 3.24. The van der Waals surface area contributed by atoms with Crippen LogP contribution in [0.4, 0.5) is 4.39 Å². The van der Waals surface area contributed by atoms with E-state index in [1.807, 2.05) is 27.7 Å². The molecule has 1 N–H and O–H groups in total. The van der Waals surface area contributed by atoms with Crippen LogP contribution < -0.4 is 0 Å². The van der Waals surface area contributed by atoms with E-state index >= 15 is 0 Å². The summed E-state index contributed by atoms with van der Waals surface area (Å²) >= 11 is 5.88. The summed E-state index contributed by atoms with van der Waals surface area (Å²) in [6.07, 6.45) is -0.0213. The fourth-order valence-corrected chi connectivity index (χ4v) is 2.13. The lowest BCUT2D eigenvalue weighted by Gasteiger charge is -2.25. The molecule has 0 heterocycles. The van der Waals surface area contributed by atoms with Gasteiger partial charge in [-0.2, -0.15) is 0 Å². The molecule has 2 nitrogen and oxygen atoms in total. The molecule has 0 saturated carbocycles. The number of hydrogen-bond acceptors (Lipinski definition) is 1. The number of aliphatic carboxylic acids is 1. The van der Waals surface area contributed by atoms with E-state index in [0.29, 0.717) is 5.56 Å². The maximum absolute atomic E-state index is 13.8. The van der Waals surface area contributed by atoms with Gasteiger partial charge in [-0.3, -0.25) is 4.79 Å². The Hall–Kier alpha value is -1.09. The lowest BCUT2D eigenvalue weighted by atomic mass is 9.80. The van der Waals surface area contributed by atoms with Crippen molar-refractivity contribution < 1.29 is 14.3 Å². The smallest absolute Gasteiger partial charge is 0.304 e. The molecular weight excluding hydrogens is 255 g/mol. The van der Waals surface area contributed by atoms with Crippen molar-refractivity contribution >= 4 is 17.6 Å². The van der Waals surface area contributed by atoms with Gasteiger partial charge in [0.1, 0.15) is 5.82 Å². The third-order valence-electron chi connectivity index (χ3n) is 3.05. The average molecular weight is 273 g/mol. The Morgan fingerprint density at radius 1 is 1.44 bits per heavy atom. The number of halogens is 2. The fourth-order valence-electron chi connectivity index (χ4n) is 1.90. The van der Waals surface area contributed by atoms with Gasteiger partial charge in [0.15, 0.2) is 0 Å². The zero-order chi connectivity index (χ0) is 14.1. The minimum atomic E-state index is -0.883. The second-order valence-corrected chi connectivity index (χ2v) is 5.88. The predicted molar refractivity (Wildman–Crippen MR) is 70.8 cm³/mol. The van der Waals surface area contributed by atoms with Crippen LogP contribution in [0.15, 0.2) is 12.1 Å². The van der Waals surface area contributed by atoms with Gasteiger partial charge in [-0.25, -0.2) is 4.39 Å². The van der Waals surface area contributed by atoms with E-state index in [1.54, 1.807) is 6.07 Å². The molecule has 0 aliphatic rings. The average Bonchev–Trinajstić information content (AvgIpc) is 2.19. The normalized spacial score (nSPS) is 11.9. The molecule has 0 amide bonds. The van der Waals surface area contributed by atoms with Crippen LogP contribution in [0.25, 0.3) is 0 Å². The minimum absolute atomic E-state index is 0.00285. The molecule has 0 radical (unpaired) electrons. The first kappa shape index (κ1) is 15.0. The van der Waals surface area contributed by atoms with E-state index < -0.39 is 17.2 Å². The monoisotopic (exact) mass is 272 g/mol. The maximum Gasteiger partial charge on any atom is 0.304 e. The third-order valence-corrected chi connectivity index (χ3v) is 3.33. The van der Waals surface area contributed by atoms with Crippen molar-refractivity contribution in [3.05, 3.63) is 34.1 Å². The van der Waals surface area contributed by atoms with Crippen LogP contribution in [0.1, 0.15) is 51.2 Å². The molecule has 1 aromatic rings. The summed E-state index contributed by atoms with van der Waals surface area (Å²) in [4.78, 5) is 10.9. The van der Waals surface area contributed by atoms with Crippen LogP contribution in [0.5, 0.6) is 0 Å². The van der Waals surface area contributed by atoms with Gasteiger partial charge in [0, 0.05) is 5.41 Å². The molecule has 1 rings (SSSR count). The van der Waals surface area contributed by atoms with Gasteiger partial charge in [-0.15, -0.1) is 0 Å². The first-order chi connectivity index (χ1) is 8.15. The second-order valence-electron chi connectivity index (χ2n) is 5.47. The summed E-state index contributed by atoms with van der Waals surface area (Å²) < 4.78 is 13.8. The van der Waals surface area contributed by atoms with Crippen molar-refractivity contribution in [3.63, 3.8) is 0 Å². The molecular formula is C14H18ClFO2. The molecule has 0 bridgehead atoms. The number of benzene rings is 1. The largest absolute Gasteiger partial charge is 0.481 e. The van der Waals surface area contributed by atoms with Crippen LogP contribution in [-0.4, -0.2) is 11.1 Å². The van der Waals surface area contributed by atoms with E-state index in [4.69, 9.17) is 16.7 Å². The van der Waals surface area contributed by atoms with Crippen LogP contribution in [0.3, 0.4) is 0 Å². The van der Waals surface area contributed by atoms with Crippen LogP contribution in [0, 0.1) is 5.82 Å². The Labute approximate surface area is 112 Å². The van der Waals surface area contributed by atoms with E-state index in [0.717, 1.165) is 5.56 Å². The van der Waals surface area contributed by atoms with Crippen LogP contribution >= 0.6 is 11.6 Å². The molecule has 0 fully saturated rings. The van der Waals surface area contributed by atoms with Crippen LogP contribution in [-0.2, 0) is 10.2 Å². The van der Waals surface area contributed by atoms with E-state index in [2.05, 4.69) is 0 Å². The summed E-state index contributed by atoms with van der Waals surface area (Å²) in [5.41, 5.74) is 0.697. The number of rotatable bonds is 4. The number of carbonyl (C=O) groups is 1. The number of carboxylic acid groups (broad SMARTS) is 1. The third kappa shape index (κ3) is 3.22. The van der Waals surface area contributed by atoms with Crippen LogP contribution in [0.2, 0.25) is 5.02 Å². The molecule has 0 saturated heterocycles. The van der Waals surface area contributed by atoms with E-state index in [1.165, 1.54) is 6.07 Å². The summed E-state index contributed by atoms with van der Waals surface area (Å²) in [6.45, 7) is 7.38. The molecule has 4 heteroatoms. The SMILES string of the molecule is CC(C)c1cc(C(C)(C)CC(=O)O)cc(Cl)c1F. The van der Waals surface area contributed by atoms with Gasteiger partial charge in [0.05, 0.1) is 11.4 Å². The number of hydrogen-bond donors (Lipinski definition) is 1. The van der Waals surface area contributed by atoms with Gasteiger partial charge >= 0.3 is 5.97 Å². The Kier molecular flexibility index (Phi) is 4.38. The van der Waals surface area contributed by atoms with Gasteiger partial charge in [-0.1, -0.05) is 45.4 Å². The summed E-state index contributed by atoms with van der Waals surface area (Å²) in [5, 5.41) is 8.96. The van der Waals surface area contributed by atoms with Gasteiger partial charge in [0.25, 0.3) is 0 Å². The molecule has 1 aromatic carbocycles. The first-order valence-electron chi connectivity index (χ1n) is 5.86. The number of carboxylic acids is 1. The second kappa shape index (κ2) is 5.27. The topological polar surface area (TPSA) is 37.3 Å². The highest BCUT2D eigenvalue weighted by molar-refractivity contribution is 6.30. The minimum Gasteiger partial charge on any atom is -0.481 e. The molecule has 0 aliphatic heterocycles. The van der Waals surface area contributed by atoms with Gasteiger partial charge < -0.3 is 5.11 Å². The van der Waals surface area contributed by atoms with E-state index in [9.17, 15) is 9.18 Å². The molecule has 0 aromatic heterocycles. The van der Waals surface area contributed by atoms with E-state index in [-0.39, 0.29) is 17.4 Å². The molecule has 0 spiro atoms. The van der Waals surface area contributed by atoms with Crippen molar-refractivity contribution in [1.82, 2.24) is 0 Å². The zero-order valence-corrected chi connectivity index (χ0v) is 11.8. The summed E-state index contributed by atoms with van der Waals surface area (Å²) in [5.74, 6) is -1.30. The first-order valence-corrected chi connectivity index (χ1v) is 6.24. The highest BCUT2D eigenvalue weighted by Gasteiger charge is 2.26. The molecule has 0 unspecified atom stereocenters. The molecule has 100 valence electrons. The van der Waals surface area contributed by atoms with Crippen molar-refractivity contribution in [2.75, 3.05) is 0 Å². The quantitative estimate of drug-likeness (QED) is 0.884. The van der Waals surface area contributed by atoms with Gasteiger partial charge in [0.2, 0.25) is 0 Å². The highest BCUT2D eigenvalue weighted by Crippen LogP contribution is 2.34. The Morgan fingerprint density at radius 2 is 2.00 bits per heavy atom. The lowest BCUT2D eigenvalue weighted by molar-refractivity contribution is -0.138. The molecule has 0 atom stereocenters. The Bertz CT molecular complexity index is 467. The Balaban J connectivity index is 3.30. The Morgan fingerprint density at radius 3 is 2.44 bits per heavy atom. The van der Waals surface area contributed by atoms with Crippen molar-refractivity contribution in [3.8, 4) is 0 Å².